The molecule has 0 aliphatic heterocycles. The molecule has 0 bridgehead atoms. The van der Waals surface area contributed by atoms with Crippen molar-refractivity contribution in [2.45, 2.75) is 32.9 Å². The van der Waals surface area contributed by atoms with Gasteiger partial charge in [-0.3, -0.25) is 14.6 Å². The van der Waals surface area contributed by atoms with E-state index in [2.05, 4.69) is 22.3 Å². The molecule has 4 rings (SSSR count). The van der Waals surface area contributed by atoms with E-state index in [9.17, 15) is 9.59 Å². The minimum Gasteiger partial charge on any atom is -0.348 e. The molecule has 7 heteroatoms. The third-order valence-corrected chi connectivity index (χ3v) is 4.77. The first kappa shape index (κ1) is 17.9. The highest BCUT2D eigenvalue weighted by Gasteiger charge is 2.14. The number of unbranched alkanes of at least 4 members (excludes halogenated alkanes) is 1. The van der Waals surface area contributed by atoms with E-state index in [1.165, 1.54) is 0 Å². The molecule has 0 radical (unpaired) electrons. The summed E-state index contributed by atoms with van der Waals surface area (Å²) in [6, 6.07) is 10.8. The Morgan fingerprint density at radius 3 is 2.79 bits per heavy atom. The first-order valence-corrected chi connectivity index (χ1v) is 9.36. The van der Waals surface area contributed by atoms with Crippen molar-refractivity contribution in [1.29, 1.82) is 0 Å². The van der Waals surface area contributed by atoms with Crippen molar-refractivity contribution < 1.29 is 4.79 Å². The summed E-state index contributed by atoms with van der Waals surface area (Å²) >= 11 is 0. The number of benzene rings is 1. The Kier molecular flexibility index (Phi) is 4.89. The minimum absolute atomic E-state index is 0.0913. The Hall–Kier alpha value is -3.48. The smallest absolute Gasteiger partial charge is 0.277 e. The highest BCUT2D eigenvalue weighted by molar-refractivity contribution is 5.97. The number of pyridine rings is 1. The third kappa shape index (κ3) is 3.26. The zero-order valence-corrected chi connectivity index (χ0v) is 15.6. The van der Waals surface area contributed by atoms with E-state index in [0.717, 1.165) is 23.9 Å². The molecule has 7 nitrogen and oxygen atoms in total. The number of hydrogen-bond acceptors (Lipinski definition) is 4. The average Bonchev–Trinajstić information content (AvgIpc) is 3.23. The van der Waals surface area contributed by atoms with Crippen LogP contribution < -0.4 is 10.9 Å². The molecular weight excluding hydrogens is 354 g/mol. The fourth-order valence-electron chi connectivity index (χ4n) is 3.29. The lowest BCUT2D eigenvalue weighted by atomic mass is 10.1. The summed E-state index contributed by atoms with van der Waals surface area (Å²) in [5, 5.41) is 7.18. The van der Waals surface area contributed by atoms with Crippen LogP contribution in [0.4, 0.5) is 0 Å². The van der Waals surface area contributed by atoms with E-state index < -0.39 is 0 Å². The van der Waals surface area contributed by atoms with Gasteiger partial charge in [-0.1, -0.05) is 19.4 Å². The van der Waals surface area contributed by atoms with Gasteiger partial charge in [-0.25, -0.2) is 4.52 Å². The molecule has 0 unspecified atom stereocenters. The topological polar surface area (TPSA) is 81.3 Å². The summed E-state index contributed by atoms with van der Waals surface area (Å²) in [4.78, 5) is 29.6. The molecule has 3 aromatic heterocycles. The minimum atomic E-state index is -0.194. The second-order valence-electron chi connectivity index (χ2n) is 6.69. The Bertz CT molecular complexity index is 1190. The normalized spacial score (nSPS) is 11.2. The molecule has 142 valence electrons. The summed E-state index contributed by atoms with van der Waals surface area (Å²) < 4.78 is 3.38. The Labute approximate surface area is 161 Å². The summed E-state index contributed by atoms with van der Waals surface area (Å²) in [6.07, 6.45) is 6.90. The van der Waals surface area contributed by atoms with E-state index in [-0.39, 0.29) is 11.5 Å². The second kappa shape index (κ2) is 7.64. The lowest BCUT2D eigenvalue weighted by Crippen LogP contribution is -2.25. The van der Waals surface area contributed by atoms with Crippen molar-refractivity contribution in [3.8, 4) is 0 Å². The van der Waals surface area contributed by atoms with E-state index in [0.29, 0.717) is 29.7 Å². The number of amides is 1. The summed E-state index contributed by atoms with van der Waals surface area (Å²) in [7, 11) is 0. The molecule has 0 saturated carbocycles. The molecule has 4 aromatic rings. The van der Waals surface area contributed by atoms with Gasteiger partial charge in [0.2, 0.25) is 0 Å². The van der Waals surface area contributed by atoms with Crippen LogP contribution in [0.15, 0.2) is 59.8 Å². The van der Waals surface area contributed by atoms with Crippen LogP contribution in [0.1, 0.15) is 35.7 Å². The van der Waals surface area contributed by atoms with Gasteiger partial charge >= 0.3 is 0 Å². The first-order chi connectivity index (χ1) is 13.7. The monoisotopic (exact) mass is 375 g/mol. The number of aromatic nitrogens is 4. The molecule has 28 heavy (non-hydrogen) atoms. The average molecular weight is 375 g/mol. The van der Waals surface area contributed by atoms with E-state index >= 15 is 0 Å². The molecule has 0 saturated heterocycles. The standard InChI is InChI=1S/C21H21N5O2/c1-2-3-11-25-19-12-16(20(27)23-14-15-5-4-9-22-13-15)6-7-17(19)26-18(21(25)28)8-10-24-26/h4-10,12-13H,2-3,11,14H2,1H3,(H,23,27). The van der Waals surface area contributed by atoms with E-state index in [1.54, 1.807) is 45.9 Å². The molecule has 1 amide bonds. The number of carbonyl (C=O) groups excluding carboxylic acids is 1. The van der Waals surface area contributed by atoms with Crippen LogP contribution in [0, 0.1) is 0 Å². The van der Waals surface area contributed by atoms with Crippen molar-refractivity contribution >= 4 is 22.5 Å². The highest BCUT2D eigenvalue weighted by Crippen LogP contribution is 2.17. The highest BCUT2D eigenvalue weighted by atomic mass is 16.1. The van der Waals surface area contributed by atoms with Gasteiger partial charge in [0.25, 0.3) is 11.5 Å². The number of aryl methyl sites for hydroxylation is 1. The SMILES string of the molecule is CCCCn1c(=O)c2ccnn2c2ccc(C(=O)NCc3cccnc3)cc21. The van der Waals surface area contributed by atoms with Gasteiger partial charge in [-0.15, -0.1) is 0 Å². The van der Waals surface area contributed by atoms with Crippen LogP contribution in [0.25, 0.3) is 16.6 Å². The van der Waals surface area contributed by atoms with Crippen molar-refractivity contribution in [1.82, 2.24) is 24.5 Å². The number of rotatable bonds is 6. The Morgan fingerprint density at radius 2 is 2.00 bits per heavy atom. The van der Waals surface area contributed by atoms with Crippen LogP contribution in [0.3, 0.4) is 0 Å². The van der Waals surface area contributed by atoms with Gasteiger partial charge in [-0.05, 0) is 42.3 Å². The van der Waals surface area contributed by atoms with Crippen LogP contribution in [0.5, 0.6) is 0 Å². The van der Waals surface area contributed by atoms with Gasteiger partial charge in [-0.2, -0.15) is 5.10 Å². The lowest BCUT2D eigenvalue weighted by Gasteiger charge is -2.13. The van der Waals surface area contributed by atoms with Crippen molar-refractivity contribution in [2.75, 3.05) is 0 Å². The Balaban J connectivity index is 1.73. The molecular formula is C21H21N5O2. The number of nitrogens with one attached hydrogen (secondary N) is 1. The molecule has 1 aromatic carbocycles. The first-order valence-electron chi connectivity index (χ1n) is 9.36. The predicted molar refractivity (Wildman–Crippen MR) is 107 cm³/mol. The maximum Gasteiger partial charge on any atom is 0.277 e. The molecule has 0 fully saturated rings. The van der Waals surface area contributed by atoms with E-state index in [4.69, 9.17) is 0 Å². The predicted octanol–water partition coefficient (Wildman–Crippen LogP) is 2.77. The second-order valence-corrected chi connectivity index (χ2v) is 6.69. The Morgan fingerprint density at radius 1 is 1.11 bits per heavy atom. The van der Waals surface area contributed by atoms with Gasteiger partial charge < -0.3 is 9.88 Å². The maximum absolute atomic E-state index is 12.9. The molecule has 0 aliphatic rings. The van der Waals surface area contributed by atoms with Crippen LogP contribution in [-0.4, -0.2) is 25.1 Å². The van der Waals surface area contributed by atoms with Crippen molar-refractivity contribution in [2.24, 2.45) is 0 Å². The van der Waals surface area contributed by atoms with Crippen molar-refractivity contribution in [3.05, 3.63) is 76.5 Å². The zero-order valence-electron chi connectivity index (χ0n) is 15.6. The number of hydrogen-bond donors (Lipinski definition) is 1. The molecule has 1 N–H and O–H groups in total. The number of fused-ring (bicyclic) bond motifs is 3. The van der Waals surface area contributed by atoms with Gasteiger partial charge in [0.15, 0.2) is 0 Å². The molecule has 0 aliphatic carbocycles. The molecule has 0 spiro atoms. The number of carbonyl (C=O) groups is 1. The van der Waals surface area contributed by atoms with Gasteiger partial charge in [0.1, 0.15) is 5.52 Å². The molecule has 0 atom stereocenters. The van der Waals surface area contributed by atoms with Crippen LogP contribution >= 0.6 is 0 Å². The summed E-state index contributed by atoms with van der Waals surface area (Å²) in [5.74, 6) is -0.194. The fraction of sp³-hybridized carbons (Fsp3) is 0.238. The largest absolute Gasteiger partial charge is 0.348 e. The third-order valence-electron chi connectivity index (χ3n) is 4.77. The van der Waals surface area contributed by atoms with Crippen molar-refractivity contribution in [3.63, 3.8) is 0 Å². The zero-order chi connectivity index (χ0) is 19.5. The fourth-order valence-corrected chi connectivity index (χ4v) is 3.29. The quantitative estimate of drug-likeness (QED) is 0.562. The van der Waals surface area contributed by atoms with Crippen LogP contribution in [-0.2, 0) is 13.1 Å². The number of nitrogens with zero attached hydrogens (tertiary/aromatic N) is 4. The maximum atomic E-state index is 12.9. The molecule has 3 heterocycles. The lowest BCUT2D eigenvalue weighted by molar-refractivity contribution is 0.0951. The van der Waals surface area contributed by atoms with E-state index in [1.807, 2.05) is 18.2 Å². The van der Waals surface area contributed by atoms with Gasteiger partial charge in [0.05, 0.1) is 17.2 Å². The van der Waals surface area contributed by atoms with Gasteiger partial charge in [0, 0.05) is 31.0 Å². The summed E-state index contributed by atoms with van der Waals surface area (Å²) in [6.45, 7) is 3.09. The summed E-state index contributed by atoms with van der Waals surface area (Å²) in [5.41, 5.74) is 3.40. The van der Waals surface area contributed by atoms with Crippen LogP contribution in [0.2, 0.25) is 0 Å².